The van der Waals surface area contributed by atoms with Crippen LogP contribution >= 0.6 is 0 Å². The first-order valence-electron chi connectivity index (χ1n) is 4.37. The highest BCUT2D eigenvalue weighted by Crippen LogP contribution is 2.33. The molecule has 4 heteroatoms. The van der Waals surface area contributed by atoms with Crippen molar-refractivity contribution in [2.75, 3.05) is 14.2 Å². The van der Waals surface area contributed by atoms with Gasteiger partial charge in [0.25, 0.3) is 0 Å². The van der Waals surface area contributed by atoms with Crippen molar-refractivity contribution in [3.05, 3.63) is 17.8 Å². The van der Waals surface area contributed by atoms with Crippen LogP contribution in [0.3, 0.4) is 0 Å². The third kappa shape index (κ3) is 1.96. The van der Waals surface area contributed by atoms with Crippen molar-refractivity contribution >= 4 is 0 Å². The summed E-state index contributed by atoms with van der Waals surface area (Å²) in [7, 11) is 3.17. The molecule has 0 radical (unpaired) electrons. The van der Waals surface area contributed by atoms with Gasteiger partial charge in [-0.2, -0.15) is 0 Å². The van der Waals surface area contributed by atoms with Gasteiger partial charge in [-0.3, -0.25) is 0 Å². The maximum absolute atomic E-state index is 6.01. The van der Waals surface area contributed by atoms with Gasteiger partial charge in [-0.1, -0.05) is 0 Å². The minimum atomic E-state index is -0.537. The van der Waals surface area contributed by atoms with Crippen LogP contribution in [0.25, 0.3) is 0 Å². The molecule has 0 bridgehead atoms. The van der Waals surface area contributed by atoms with Gasteiger partial charge >= 0.3 is 0 Å². The lowest BCUT2D eigenvalue weighted by Crippen LogP contribution is -2.30. The predicted octanol–water partition coefficient (Wildman–Crippen LogP) is 1.29. The van der Waals surface area contributed by atoms with Gasteiger partial charge in [0.2, 0.25) is 5.88 Å². The van der Waals surface area contributed by atoms with Crippen molar-refractivity contribution in [3.63, 3.8) is 0 Å². The van der Waals surface area contributed by atoms with E-state index in [2.05, 4.69) is 4.98 Å². The number of pyridine rings is 1. The molecule has 1 aromatic rings. The first-order valence-corrected chi connectivity index (χ1v) is 4.37. The monoisotopic (exact) mass is 196 g/mol. The lowest BCUT2D eigenvalue weighted by molar-refractivity contribution is 0.352. The second-order valence-corrected chi connectivity index (χ2v) is 3.62. The molecule has 0 aromatic carbocycles. The SMILES string of the molecule is COc1ccnc(OC)c1C(C)(C)N. The van der Waals surface area contributed by atoms with Crippen molar-refractivity contribution < 1.29 is 9.47 Å². The Morgan fingerprint density at radius 1 is 1.29 bits per heavy atom. The van der Waals surface area contributed by atoms with Gasteiger partial charge in [-0.25, -0.2) is 4.98 Å². The Morgan fingerprint density at radius 2 is 1.93 bits per heavy atom. The molecule has 1 aromatic heterocycles. The Labute approximate surface area is 84.0 Å². The Bertz CT molecular complexity index is 296. The predicted molar refractivity (Wildman–Crippen MR) is 54.6 cm³/mol. The highest BCUT2D eigenvalue weighted by molar-refractivity contribution is 5.44. The zero-order chi connectivity index (χ0) is 10.8. The summed E-state index contributed by atoms with van der Waals surface area (Å²) in [6.07, 6.45) is 1.63. The van der Waals surface area contributed by atoms with E-state index >= 15 is 0 Å². The van der Waals surface area contributed by atoms with E-state index < -0.39 is 5.54 Å². The van der Waals surface area contributed by atoms with E-state index in [4.69, 9.17) is 15.2 Å². The van der Waals surface area contributed by atoms with Crippen LogP contribution in [0.2, 0.25) is 0 Å². The summed E-state index contributed by atoms with van der Waals surface area (Å²) in [6, 6.07) is 1.77. The minimum absolute atomic E-state index is 0.511. The lowest BCUT2D eigenvalue weighted by atomic mass is 9.96. The topological polar surface area (TPSA) is 57.4 Å². The van der Waals surface area contributed by atoms with Gasteiger partial charge in [0.15, 0.2) is 0 Å². The molecule has 0 saturated carbocycles. The average molecular weight is 196 g/mol. The van der Waals surface area contributed by atoms with Gasteiger partial charge in [0, 0.05) is 11.7 Å². The molecule has 78 valence electrons. The van der Waals surface area contributed by atoms with Crippen molar-refractivity contribution in [2.24, 2.45) is 5.73 Å². The maximum atomic E-state index is 6.01. The third-order valence-electron chi connectivity index (χ3n) is 1.94. The molecule has 2 N–H and O–H groups in total. The van der Waals surface area contributed by atoms with E-state index in [9.17, 15) is 0 Å². The molecule has 0 saturated heterocycles. The summed E-state index contributed by atoms with van der Waals surface area (Å²) in [6.45, 7) is 3.77. The van der Waals surface area contributed by atoms with Gasteiger partial charge in [-0.05, 0) is 19.9 Å². The van der Waals surface area contributed by atoms with Crippen molar-refractivity contribution in [1.82, 2.24) is 4.98 Å². The number of hydrogen-bond donors (Lipinski definition) is 1. The van der Waals surface area contributed by atoms with Crippen LogP contribution in [0, 0.1) is 0 Å². The third-order valence-corrected chi connectivity index (χ3v) is 1.94. The van der Waals surface area contributed by atoms with Crippen molar-refractivity contribution in [3.8, 4) is 11.6 Å². The first kappa shape index (κ1) is 10.8. The molecule has 0 aliphatic heterocycles. The molecule has 1 rings (SSSR count). The normalized spacial score (nSPS) is 11.2. The second kappa shape index (κ2) is 3.84. The Morgan fingerprint density at radius 3 is 2.36 bits per heavy atom. The molecule has 0 spiro atoms. The zero-order valence-corrected chi connectivity index (χ0v) is 9.00. The molecule has 0 fully saturated rings. The van der Waals surface area contributed by atoms with E-state index in [0.29, 0.717) is 11.6 Å². The van der Waals surface area contributed by atoms with Crippen LogP contribution in [-0.4, -0.2) is 19.2 Å². The highest BCUT2D eigenvalue weighted by atomic mass is 16.5. The molecule has 0 aliphatic carbocycles. The van der Waals surface area contributed by atoms with Gasteiger partial charge < -0.3 is 15.2 Å². The van der Waals surface area contributed by atoms with Gasteiger partial charge in [0.05, 0.1) is 19.8 Å². The maximum Gasteiger partial charge on any atom is 0.221 e. The fourth-order valence-electron chi connectivity index (χ4n) is 1.34. The molecule has 0 amide bonds. The standard InChI is InChI=1S/C10H16N2O2/c1-10(2,11)8-7(13-3)5-6-12-9(8)14-4/h5-6H,11H2,1-4H3. The van der Waals surface area contributed by atoms with Crippen LogP contribution in [0.5, 0.6) is 11.6 Å². The Balaban J connectivity index is 3.34. The number of nitrogens with zero attached hydrogens (tertiary/aromatic N) is 1. The summed E-state index contributed by atoms with van der Waals surface area (Å²) in [5.74, 6) is 1.21. The van der Waals surface area contributed by atoms with Crippen LogP contribution in [0.4, 0.5) is 0 Å². The molecule has 0 unspecified atom stereocenters. The number of nitrogens with two attached hydrogens (primary N) is 1. The first-order chi connectivity index (χ1) is 6.50. The number of aromatic nitrogens is 1. The molecular weight excluding hydrogens is 180 g/mol. The number of hydrogen-bond acceptors (Lipinski definition) is 4. The molecule has 0 atom stereocenters. The van der Waals surface area contributed by atoms with E-state index in [1.54, 1.807) is 26.5 Å². The van der Waals surface area contributed by atoms with E-state index in [-0.39, 0.29) is 0 Å². The molecular formula is C10H16N2O2. The lowest BCUT2D eigenvalue weighted by Gasteiger charge is -2.23. The number of ether oxygens (including phenoxy) is 2. The summed E-state index contributed by atoms with van der Waals surface area (Å²) < 4.78 is 10.4. The fraction of sp³-hybridized carbons (Fsp3) is 0.500. The molecule has 1 heterocycles. The van der Waals surface area contributed by atoms with Crippen molar-refractivity contribution in [1.29, 1.82) is 0 Å². The Kier molecular flexibility index (Phi) is 2.96. The highest BCUT2D eigenvalue weighted by Gasteiger charge is 2.24. The summed E-state index contributed by atoms with van der Waals surface area (Å²) in [5, 5.41) is 0. The smallest absolute Gasteiger partial charge is 0.221 e. The number of rotatable bonds is 3. The van der Waals surface area contributed by atoms with Crippen LogP contribution < -0.4 is 15.2 Å². The zero-order valence-electron chi connectivity index (χ0n) is 9.00. The van der Waals surface area contributed by atoms with Crippen LogP contribution in [-0.2, 0) is 5.54 Å². The van der Waals surface area contributed by atoms with Gasteiger partial charge in [-0.15, -0.1) is 0 Å². The average Bonchev–Trinajstić information content (AvgIpc) is 2.15. The fourth-order valence-corrected chi connectivity index (χ4v) is 1.34. The minimum Gasteiger partial charge on any atom is -0.496 e. The van der Waals surface area contributed by atoms with E-state index in [1.165, 1.54) is 0 Å². The van der Waals surface area contributed by atoms with E-state index in [0.717, 1.165) is 5.56 Å². The summed E-state index contributed by atoms with van der Waals surface area (Å²) in [4.78, 5) is 4.09. The molecule has 0 aliphatic rings. The van der Waals surface area contributed by atoms with Crippen molar-refractivity contribution in [2.45, 2.75) is 19.4 Å². The van der Waals surface area contributed by atoms with Crippen LogP contribution in [0.15, 0.2) is 12.3 Å². The molecule has 14 heavy (non-hydrogen) atoms. The quantitative estimate of drug-likeness (QED) is 0.791. The summed E-state index contributed by atoms with van der Waals surface area (Å²) in [5.41, 5.74) is 6.26. The second-order valence-electron chi connectivity index (χ2n) is 3.62. The van der Waals surface area contributed by atoms with E-state index in [1.807, 2.05) is 13.8 Å². The largest absolute Gasteiger partial charge is 0.496 e. The van der Waals surface area contributed by atoms with Gasteiger partial charge in [0.1, 0.15) is 5.75 Å². The Hall–Kier alpha value is -1.29. The van der Waals surface area contributed by atoms with Crippen LogP contribution in [0.1, 0.15) is 19.4 Å². The summed E-state index contributed by atoms with van der Waals surface area (Å²) >= 11 is 0. The number of methoxy groups -OCH3 is 2. The molecule has 4 nitrogen and oxygen atoms in total.